The van der Waals surface area contributed by atoms with Crippen molar-refractivity contribution >= 4 is 17.7 Å². The number of ketones is 1. The number of nitrogens with zero attached hydrogens (tertiary/aromatic N) is 1. The van der Waals surface area contributed by atoms with Gasteiger partial charge in [0.2, 0.25) is 17.3 Å². The van der Waals surface area contributed by atoms with Gasteiger partial charge in [0, 0.05) is 7.05 Å². The fourth-order valence-corrected chi connectivity index (χ4v) is 1.20. The predicted molar refractivity (Wildman–Crippen MR) is 59.8 cm³/mol. The third kappa shape index (κ3) is 3.76. The minimum Gasteiger partial charge on any atom is -0.463 e. The third-order valence-electron chi connectivity index (χ3n) is 2.20. The van der Waals surface area contributed by atoms with E-state index in [9.17, 15) is 19.5 Å². The van der Waals surface area contributed by atoms with Gasteiger partial charge in [-0.3, -0.25) is 14.6 Å². The second kappa shape index (κ2) is 6.43. The SMILES string of the molecule is CCOC(=O)C(O)(CC(=O)N(C)N)C(=O)C(C)O. The van der Waals surface area contributed by atoms with Crippen LogP contribution in [0.1, 0.15) is 20.3 Å². The van der Waals surface area contributed by atoms with Crippen LogP contribution in [0.15, 0.2) is 0 Å². The van der Waals surface area contributed by atoms with Crippen molar-refractivity contribution < 1.29 is 29.3 Å². The zero-order valence-corrected chi connectivity index (χ0v) is 10.5. The Labute approximate surface area is 104 Å². The van der Waals surface area contributed by atoms with Gasteiger partial charge in [0.25, 0.3) is 0 Å². The minimum absolute atomic E-state index is 0.0825. The molecule has 0 aliphatic rings. The monoisotopic (exact) mass is 262 g/mol. The van der Waals surface area contributed by atoms with E-state index in [1.807, 2.05) is 0 Å². The number of carbonyl (C=O) groups excluding carboxylic acids is 3. The first-order chi connectivity index (χ1) is 8.16. The quantitative estimate of drug-likeness (QED) is 0.165. The molecule has 0 aromatic heterocycles. The number of hydrogen-bond acceptors (Lipinski definition) is 7. The van der Waals surface area contributed by atoms with Crippen molar-refractivity contribution in [3.63, 3.8) is 0 Å². The molecule has 4 N–H and O–H groups in total. The Morgan fingerprint density at radius 3 is 2.28 bits per heavy atom. The van der Waals surface area contributed by atoms with Gasteiger partial charge in [-0.15, -0.1) is 0 Å². The number of nitrogens with two attached hydrogens (primary N) is 1. The summed E-state index contributed by atoms with van der Waals surface area (Å²) < 4.78 is 4.53. The maximum Gasteiger partial charge on any atom is 0.346 e. The highest BCUT2D eigenvalue weighted by Crippen LogP contribution is 2.17. The summed E-state index contributed by atoms with van der Waals surface area (Å²) in [5.74, 6) is 1.79. The molecule has 2 atom stereocenters. The number of rotatable bonds is 6. The van der Waals surface area contributed by atoms with Crippen LogP contribution in [0.2, 0.25) is 0 Å². The van der Waals surface area contributed by atoms with Crippen molar-refractivity contribution in [1.29, 1.82) is 0 Å². The van der Waals surface area contributed by atoms with Gasteiger partial charge in [-0.1, -0.05) is 0 Å². The van der Waals surface area contributed by atoms with E-state index in [2.05, 4.69) is 4.74 Å². The molecule has 0 bridgehead atoms. The summed E-state index contributed by atoms with van der Waals surface area (Å²) >= 11 is 0. The molecule has 18 heavy (non-hydrogen) atoms. The van der Waals surface area contributed by atoms with Crippen molar-refractivity contribution in [2.24, 2.45) is 5.84 Å². The lowest BCUT2D eigenvalue weighted by Crippen LogP contribution is -2.54. The Morgan fingerprint density at radius 1 is 1.44 bits per heavy atom. The molecule has 0 spiro atoms. The molecule has 0 rings (SSSR count). The topological polar surface area (TPSA) is 130 Å². The van der Waals surface area contributed by atoms with E-state index < -0.39 is 35.8 Å². The molecule has 0 aromatic rings. The number of Topliss-reactive ketones (excluding diaryl/α,β-unsaturated/α-hetero) is 1. The first-order valence-electron chi connectivity index (χ1n) is 5.30. The van der Waals surface area contributed by atoms with Crippen LogP contribution >= 0.6 is 0 Å². The Kier molecular flexibility index (Phi) is 5.89. The number of hydrazine groups is 1. The summed E-state index contributed by atoms with van der Waals surface area (Å²) in [6, 6.07) is 0. The third-order valence-corrected chi connectivity index (χ3v) is 2.20. The van der Waals surface area contributed by atoms with Crippen molar-refractivity contribution in [3.8, 4) is 0 Å². The molecule has 0 saturated carbocycles. The maximum absolute atomic E-state index is 11.6. The molecular weight excluding hydrogens is 244 g/mol. The van der Waals surface area contributed by atoms with Gasteiger partial charge in [-0.05, 0) is 13.8 Å². The number of aliphatic hydroxyl groups is 2. The summed E-state index contributed by atoms with van der Waals surface area (Å²) in [6.07, 6.45) is -2.50. The molecule has 104 valence electrons. The smallest absolute Gasteiger partial charge is 0.346 e. The first kappa shape index (κ1) is 16.5. The zero-order chi connectivity index (χ0) is 14.5. The van der Waals surface area contributed by atoms with Gasteiger partial charge < -0.3 is 14.9 Å². The average molecular weight is 262 g/mol. The van der Waals surface area contributed by atoms with Gasteiger partial charge >= 0.3 is 5.97 Å². The molecule has 0 aromatic carbocycles. The summed E-state index contributed by atoms with van der Waals surface area (Å²) in [6.45, 7) is 2.46. The Hall–Kier alpha value is -1.51. The van der Waals surface area contributed by atoms with E-state index in [4.69, 9.17) is 10.9 Å². The van der Waals surface area contributed by atoms with Crippen LogP contribution in [0.4, 0.5) is 0 Å². The molecule has 8 nitrogen and oxygen atoms in total. The van der Waals surface area contributed by atoms with Crippen LogP contribution in [0, 0.1) is 0 Å². The number of aliphatic hydroxyl groups excluding tert-OH is 1. The number of esters is 1. The average Bonchev–Trinajstić information content (AvgIpc) is 2.27. The van der Waals surface area contributed by atoms with Crippen molar-refractivity contribution in [3.05, 3.63) is 0 Å². The summed E-state index contributed by atoms with van der Waals surface area (Å²) in [4.78, 5) is 34.6. The lowest BCUT2D eigenvalue weighted by molar-refractivity contribution is -0.176. The molecule has 0 aliphatic carbocycles. The molecule has 0 aliphatic heterocycles. The lowest BCUT2D eigenvalue weighted by atomic mass is 9.91. The molecule has 0 radical (unpaired) electrons. The lowest BCUT2D eigenvalue weighted by Gasteiger charge is -2.26. The highest BCUT2D eigenvalue weighted by molar-refractivity contribution is 6.11. The van der Waals surface area contributed by atoms with Crippen molar-refractivity contribution in [2.75, 3.05) is 13.7 Å². The van der Waals surface area contributed by atoms with E-state index in [1.165, 1.54) is 14.0 Å². The van der Waals surface area contributed by atoms with Gasteiger partial charge in [-0.25, -0.2) is 10.6 Å². The largest absolute Gasteiger partial charge is 0.463 e. The number of amides is 1. The van der Waals surface area contributed by atoms with E-state index in [0.717, 1.165) is 6.92 Å². The molecule has 8 heteroatoms. The standard InChI is InChI=1S/C10H18N2O6/c1-4-18-9(16)10(17,8(15)6(2)13)5-7(14)12(3)11/h6,13,17H,4-5,11H2,1-3H3. The Bertz CT molecular complexity index is 341. The van der Waals surface area contributed by atoms with E-state index in [-0.39, 0.29) is 6.61 Å². The maximum atomic E-state index is 11.6. The van der Waals surface area contributed by atoms with Gasteiger partial charge in [0.1, 0.15) is 6.10 Å². The van der Waals surface area contributed by atoms with Crippen LogP contribution < -0.4 is 5.84 Å². The first-order valence-corrected chi connectivity index (χ1v) is 5.30. The van der Waals surface area contributed by atoms with E-state index >= 15 is 0 Å². The van der Waals surface area contributed by atoms with Crippen LogP contribution in [-0.4, -0.2) is 58.2 Å². The molecule has 0 fully saturated rings. The fourth-order valence-electron chi connectivity index (χ4n) is 1.20. The summed E-state index contributed by atoms with van der Waals surface area (Å²) in [7, 11) is 1.20. The zero-order valence-electron chi connectivity index (χ0n) is 10.5. The highest BCUT2D eigenvalue weighted by atomic mass is 16.5. The van der Waals surface area contributed by atoms with Crippen LogP contribution in [0.3, 0.4) is 0 Å². The van der Waals surface area contributed by atoms with E-state index in [1.54, 1.807) is 0 Å². The van der Waals surface area contributed by atoms with Crippen LogP contribution in [-0.2, 0) is 19.1 Å². The summed E-state index contributed by atoms with van der Waals surface area (Å²) in [5, 5.41) is 19.8. The molecular formula is C10H18N2O6. The van der Waals surface area contributed by atoms with Gasteiger partial charge in [-0.2, -0.15) is 0 Å². The minimum atomic E-state index is -2.73. The fraction of sp³-hybridized carbons (Fsp3) is 0.700. The second-order valence-electron chi connectivity index (χ2n) is 3.80. The van der Waals surface area contributed by atoms with Crippen LogP contribution in [0.5, 0.6) is 0 Å². The Balaban J connectivity index is 5.22. The van der Waals surface area contributed by atoms with Crippen molar-refractivity contribution in [2.45, 2.75) is 32.0 Å². The molecule has 1 amide bonds. The van der Waals surface area contributed by atoms with E-state index in [0.29, 0.717) is 5.01 Å². The molecule has 0 saturated heterocycles. The molecule has 0 heterocycles. The molecule has 2 unspecified atom stereocenters. The second-order valence-corrected chi connectivity index (χ2v) is 3.80. The van der Waals surface area contributed by atoms with Crippen LogP contribution in [0.25, 0.3) is 0 Å². The number of carbonyl (C=O) groups is 3. The van der Waals surface area contributed by atoms with Gasteiger partial charge in [0.05, 0.1) is 13.0 Å². The van der Waals surface area contributed by atoms with Crippen molar-refractivity contribution in [1.82, 2.24) is 5.01 Å². The van der Waals surface area contributed by atoms with Gasteiger partial charge in [0.15, 0.2) is 0 Å². The highest BCUT2D eigenvalue weighted by Gasteiger charge is 2.49. The number of ether oxygens (including phenoxy) is 1. The normalized spacial score (nSPS) is 15.4. The predicted octanol–water partition coefficient (Wildman–Crippen LogP) is -2.05. The summed E-state index contributed by atoms with van der Waals surface area (Å²) in [5.41, 5.74) is -2.73. The number of hydrogen-bond donors (Lipinski definition) is 3. The Morgan fingerprint density at radius 2 is 1.94 bits per heavy atom.